The molecule has 0 spiro atoms. The molecule has 1 heterocycles. The molecule has 4 heteroatoms. The molecule has 0 saturated carbocycles. The third kappa shape index (κ3) is 2.34. The lowest BCUT2D eigenvalue weighted by atomic mass is 10.2. The molecule has 0 aliphatic heterocycles. The van der Waals surface area contributed by atoms with Crippen molar-refractivity contribution in [1.29, 1.82) is 5.26 Å². The summed E-state index contributed by atoms with van der Waals surface area (Å²) in [6, 6.07) is 13.1. The third-order valence-corrected chi connectivity index (χ3v) is 2.40. The summed E-state index contributed by atoms with van der Waals surface area (Å²) in [5, 5.41) is 11.9. The van der Waals surface area contributed by atoms with Crippen LogP contribution >= 0.6 is 0 Å². The molecule has 0 saturated heterocycles. The van der Waals surface area contributed by atoms with Crippen molar-refractivity contribution in [1.82, 2.24) is 4.98 Å². The number of aromatic nitrogens is 1. The van der Waals surface area contributed by atoms with Gasteiger partial charge in [0, 0.05) is 5.69 Å². The quantitative estimate of drug-likeness (QED) is 0.823. The van der Waals surface area contributed by atoms with Gasteiger partial charge in [0.1, 0.15) is 17.5 Å². The van der Waals surface area contributed by atoms with Gasteiger partial charge in [-0.15, -0.1) is 0 Å². The van der Waals surface area contributed by atoms with Gasteiger partial charge in [0.15, 0.2) is 0 Å². The highest BCUT2D eigenvalue weighted by molar-refractivity contribution is 5.57. The maximum atomic E-state index is 11.6. The molecule has 0 aliphatic carbocycles. The van der Waals surface area contributed by atoms with E-state index in [2.05, 4.69) is 10.3 Å². The molecule has 0 fully saturated rings. The zero-order valence-corrected chi connectivity index (χ0v) is 9.32. The van der Waals surface area contributed by atoms with E-state index in [0.29, 0.717) is 11.4 Å². The highest BCUT2D eigenvalue weighted by Crippen LogP contribution is 2.14. The molecule has 2 rings (SSSR count). The first-order valence-electron chi connectivity index (χ1n) is 5.17. The minimum Gasteiger partial charge on any atom is -0.342 e. The van der Waals surface area contributed by atoms with Gasteiger partial charge in [0.2, 0.25) is 0 Å². The van der Waals surface area contributed by atoms with Crippen LogP contribution in [0.2, 0.25) is 0 Å². The molecule has 0 atom stereocenters. The molecule has 0 aliphatic rings. The Labute approximate surface area is 98.5 Å². The van der Waals surface area contributed by atoms with Crippen LogP contribution in [0, 0.1) is 18.3 Å². The van der Waals surface area contributed by atoms with E-state index in [-0.39, 0.29) is 11.1 Å². The Balaban J connectivity index is 2.37. The number of para-hydroxylation sites is 1. The molecule has 17 heavy (non-hydrogen) atoms. The Morgan fingerprint density at radius 2 is 2.00 bits per heavy atom. The predicted octanol–water partition coefficient (Wildman–Crippen LogP) is 2.30. The largest absolute Gasteiger partial charge is 0.342 e. The van der Waals surface area contributed by atoms with Crippen LogP contribution in [-0.2, 0) is 0 Å². The fourth-order valence-corrected chi connectivity index (χ4v) is 1.57. The summed E-state index contributed by atoms with van der Waals surface area (Å²) in [5.74, 6) is 0.581. The Hall–Kier alpha value is -2.54. The first-order chi connectivity index (χ1) is 8.20. The van der Waals surface area contributed by atoms with Gasteiger partial charge in [-0.25, -0.2) is 0 Å². The molecule has 0 amide bonds. The van der Waals surface area contributed by atoms with Crippen molar-refractivity contribution < 1.29 is 0 Å². The lowest BCUT2D eigenvalue weighted by molar-refractivity contribution is 1.18. The molecule has 0 bridgehead atoms. The molecule has 2 N–H and O–H groups in total. The van der Waals surface area contributed by atoms with Crippen molar-refractivity contribution in [3.8, 4) is 6.07 Å². The van der Waals surface area contributed by atoms with Crippen molar-refractivity contribution in [2.24, 2.45) is 0 Å². The summed E-state index contributed by atoms with van der Waals surface area (Å²) in [7, 11) is 0. The standard InChI is InChI=1S/C13H11N3O/c1-9-7-12(16-13(17)11(9)8-14)15-10-5-3-2-4-6-10/h2-7H,1H3,(H2,15,16,17). The Morgan fingerprint density at radius 3 is 2.59 bits per heavy atom. The maximum Gasteiger partial charge on any atom is 0.267 e. The second-order valence-electron chi connectivity index (χ2n) is 3.67. The van der Waals surface area contributed by atoms with Crippen LogP contribution in [0.1, 0.15) is 11.1 Å². The Morgan fingerprint density at radius 1 is 1.29 bits per heavy atom. The number of pyridine rings is 1. The molecule has 0 unspecified atom stereocenters. The van der Waals surface area contributed by atoms with Crippen molar-refractivity contribution in [2.45, 2.75) is 6.92 Å². The highest BCUT2D eigenvalue weighted by Gasteiger charge is 2.05. The second-order valence-corrected chi connectivity index (χ2v) is 3.67. The number of hydrogen-bond acceptors (Lipinski definition) is 3. The number of aryl methyl sites for hydroxylation is 1. The van der Waals surface area contributed by atoms with Gasteiger partial charge in [-0.05, 0) is 30.7 Å². The second kappa shape index (κ2) is 4.54. The Kier molecular flexibility index (Phi) is 2.93. The molecular weight excluding hydrogens is 214 g/mol. The van der Waals surface area contributed by atoms with Crippen LogP contribution in [0.15, 0.2) is 41.2 Å². The summed E-state index contributed by atoms with van der Waals surface area (Å²) in [5.41, 5.74) is 1.33. The third-order valence-electron chi connectivity index (χ3n) is 2.40. The summed E-state index contributed by atoms with van der Waals surface area (Å²) < 4.78 is 0. The highest BCUT2D eigenvalue weighted by atomic mass is 16.1. The van der Waals surface area contributed by atoms with Gasteiger partial charge in [-0.2, -0.15) is 5.26 Å². The Bertz CT molecular complexity index is 623. The van der Waals surface area contributed by atoms with E-state index in [1.54, 1.807) is 13.0 Å². The summed E-state index contributed by atoms with van der Waals surface area (Å²) in [6.07, 6.45) is 0. The topological polar surface area (TPSA) is 68.7 Å². The van der Waals surface area contributed by atoms with Crippen molar-refractivity contribution >= 4 is 11.5 Å². The number of rotatable bonds is 2. The van der Waals surface area contributed by atoms with E-state index in [0.717, 1.165) is 5.69 Å². The molecule has 1 aromatic carbocycles. The summed E-state index contributed by atoms with van der Waals surface area (Å²) >= 11 is 0. The summed E-state index contributed by atoms with van der Waals surface area (Å²) in [4.78, 5) is 14.2. The van der Waals surface area contributed by atoms with Gasteiger partial charge in [0.05, 0.1) is 0 Å². The first kappa shape index (κ1) is 11.0. The van der Waals surface area contributed by atoms with Crippen molar-refractivity contribution in [3.05, 3.63) is 57.9 Å². The van der Waals surface area contributed by atoms with Gasteiger partial charge in [-0.3, -0.25) is 4.79 Å². The fraction of sp³-hybridized carbons (Fsp3) is 0.0769. The monoisotopic (exact) mass is 225 g/mol. The van der Waals surface area contributed by atoms with Gasteiger partial charge < -0.3 is 10.3 Å². The number of aromatic amines is 1. The van der Waals surface area contributed by atoms with Crippen molar-refractivity contribution in [3.63, 3.8) is 0 Å². The zero-order valence-electron chi connectivity index (χ0n) is 9.32. The first-order valence-corrected chi connectivity index (χ1v) is 5.17. The molecule has 1 aromatic heterocycles. The van der Waals surface area contributed by atoms with E-state index in [9.17, 15) is 4.79 Å². The zero-order chi connectivity index (χ0) is 12.3. The van der Waals surface area contributed by atoms with Crippen LogP contribution in [-0.4, -0.2) is 4.98 Å². The summed E-state index contributed by atoms with van der Waals surface area (Å²) in [6.45, 7) is 1.74. The minimum atomic E-state index is -0.370. The average Bonchev–Trinajstić information content (AvgIpc) is 2.30. The predicted molar refractivity (Wildman–Crippen MR) is 66.2 cm³/mol. The number of nitriles is 1. The van der Waals surface area contributed by atoms with E-state index in [1.807, 2.05) is 36.4 Å². The molecule has 2 aromatic rings. The van der Waals surface area contributed by atoms with Crippen LogP contribution < -0.4 is 10.9 Å². The molecular formula is C13H11N3O. The number of H-pyrrole nitrogens is 1. The number of anilines is 2. The SMILES string of the molecule is Cc1cc(Nc2ccccc2)[nH]c(=O)c1C#N. The lowest BCUT2D eigenvalue weighted by Gasteiger charge is -2.07. The van der Waals surface area contributed by atoms with Crippen LogP contribution in [0.25, 0.3) is 0 Å². The number of nitrogens with zero attached hydrogens (tertiary/aromatic N) is 1. The van der Waals surface area contributed by atoms with E-state index >= 15 is 0 Å². The van der Waals surface area contributed by atoms with Gasteiger partial charge >= 0.3 is 0 Å². The van der Waals surface area contributed by atoms with Gasteiger partial charge in [0.25, 0.3) is 5.56 Å². The average molecular weight is 225 g/mol. The van der Waals surface area contributed by atoms with Crippen LogP contribution in [0.5, 0.6) is 0 Å². The lowest BCUT2D eigenvalue weighted by Crippen LogP contribution is -2.13. The van der Waals surface area contributed by atoms with Gasteiger partial charge in [-0.1, -0.05) is 18.2 Å². The smallest absolute Gasteiger partial charge is 0.267 e. The normalized spacial score (nSPS) is 9.65. The number of hydrogen-bond donors (Lipinski definition) is 2. The van der Waals surface area contributed by atoms with Crippen LogP contribution in [0.4, 0.5) is 11.5 Å². The molecule has 4 nitrogen and oxygen atoms in total. The minimum absolute atomic E-state index is 0.156. The molecule has 0 radical (unpaired) electrons. The van der Waals surface area contributed by atoms with E-state index in [1.165, 1.54) is 0 Å². The molecule has 84 valence electrons. The van der Waals surface area contributed by atoms with E-state index < -0.39 is 0 Å². The van der Waals surface area contributed by atoms with E-state index in [4.69, 9.17) is 5.26 Å². The number of nitrogens with one attached hydrogen (secondary N) is 2. The maximum absolute atomic E-state index is 11.6. The van der Waals surface area contributed by atoms with Crippen LogP contribution in [0.3, 0.4) is 0 Å². The number of benzene rings is 1. The van der Waals surface area contributed by atoms with Crippen molar-refractivity contribution in [2.75, 3.05) is 5.32 Å². The fourth-order valence-electron chi connectivity index (χ4n) is 1.57.